The van der Waals surface area contributed by atoms with Crippen LogP contribution in [0.15, 0.2) is 0 Å². The Balaban J connectivity index is 0.00000121. The molecule has 1 rings (SSSR count). The minimum Gasteiger partial charge on any atom is -0.486 e. The van der Waals surface area contributed by atoms with Crippen LogP contribution in [0.2, 0.25) is 0 Å². The van der Waals surface area contributed by atoms with Gasteiger partial charge in [0, 0.05) is 32.7 Å². The van der Waals surface area contributed by atoms with Gasteiger partial charge in [0.05, 0.1) is 6.41 Å². The number of hydrogen-bond acceptors (Lipinski definition) is 4. The molecule has 1 radical (unpaired) electrons. The van der Waals surface area contributed by atoms with E-state index in [1.165, 1.54) is 6.41 Å². The van der Waals surface area contributed by atoms with Gasteiger partial charge < -0.3 is 20.8 Å². The fourth-order valence-electron chi connectivity index (χ4n) is 0.963. The van der Waals surface area contributed by atoms with Crippen molar-refractivity contribution >= 4 is 25.1 Å². The van der Waals surface area contributed by atoms with E-state index in [2.05, 4.69) is 12.8 Å². The molecule has 6 heteroatoms. The summed E-state index contributed by atoms with van der Waals surface area (Å²) in [6.07, 6.45) is 2.02. The fourth-order valence-corrected chi connectivity index (χ4v) is 1.23. The molecule has 1 saturated heterocycles. The summed E-state index contributed by atoms with van der Waals surface area (Å²) in [4.78, 5) is 20.7. The standard InChI is InChI=1S/C6H8N2O2S.Y/c9-4-7-6(10)5-1-2-8(11)3-5;/h11H,1-3H2,(H,7,9,10);/q-2;. The molecule has 12 heavy (non-hydrogen) atoms. The monoisotopic (exact) mass is 261 g/mol. The van der Waals surface area contributed by atoms with Crippen molar-refractivity contribution in [2.24, 2.45) is 0 Å². The third-order valence-electron chi connectivity index (χ3n) is 1.53. The van der Waals surface area contributed by atoms with Crippen molar-refractivity contribution in [3.05, 3.63) is 5.92 Å². The molecule has 0 aromatic carbocycles. The van der Waals surface area contributed by atoms with Gasteiger partial charge in [-0.25, -0.2) is 0 Å². The second-order valence-electron chi connectivity index (χ2n) is 2.30. The molecule has 0 unspecified atom stereocenters. The van der Waals surface area contributed by atoms with Crippen LogP contribution in [0.4, 0.5) is 0 Å². The molecule has 2 amide bonds. The van der Waals surface area contributed by atoms with Gasteiger partial charge in [-0.1, -0.05) is 18.7 Å². The molecule has 0 aromatic rings. The Morgan fingerprint density at radius 1 is 1.67 bits per heavy atom. The van der Waals surface area contributed by atoms with Gasteiger partial charge in [0.25, 0.3) is 0 Å². The number of nitrogens with zero attached hydrogens (tertiary/aromatic N) is 1. The summed E-state index contributed by atoms with van der Waals surface area (Å²) in [5, 5.41) is 1.97. The average Bonchev–Trinajstić information content (AvgIpc) is 2.36. The topological polar surface area (TPSA) is 49.4 Å². The van der Waals surface area contributed by atoms with Crippen LogP contribution in [0.25, 0.3) is 0 Å². The molecule has 0 aromatic heterocycles. The number of rotatable bonds is 2. The van der Waals surface area contributed by atoms with Gasteiger partial charge >= 0.3 is 0 Å². The number of hydrogen-bond donors (Lipinski definition) is 2. The molecule has 0 bridgehead atoms. The van der Waals surface area contributed by atoms with E-state index in [0.29, 0.717) is 18.9 Å². The van der Waals surface area contributed by atoms with Gasteiger partial charge in [-0.15, -0.1) is 6.54 Å². The van der Waals surface area contributed by atoms with E-state index >= 15 is 0 Å². The van der Waals surface area contributed by atoms with Crippen LogP contribution in [0.5, 0.6) is 0 Å². The van der Waals surface area contributed by atoms with Crippen molar-refractivity contribution in [2.45, 2.75) is 6.42 Å². The molecule has 1 aliphatic rings. The van der Waals surface area contributed by atoms with Gasteiger partial charge in [-0.2, -0.15) is 6.42 Å². The predicted molar refractivity (Wildman–Crippen MR) is 42.3 cm³/mol. The molecule has 1 heterocycles. The van der Waals surface area contributed by atoms with E-state index in [1.807, 2.05) is 5.32 Å². The summed E-state index contributed by atoms with van der Waals surface area (Å²) in [5.41, 5.74) is 0. The molecule has 0 spiro atoms. The van der Waals surface area contributed by atoms with Crippen LogP contribution in [0.1, 0.15) is 6.42 Å². The molecule has 65 valence electrons. The first kappa shape index (κ1) is 12.4. The van der Waals surface area contributed by atoms with Crippen molar-refractivity contribution in [1.82, 2.24) is 9.62 Å². The Morgan fingerprint density at radius 2 is 2.33 bits per heavy atom. The van der Waals surface area contributed by atoms with Gasteiger partial charge in [-0.05, 0) is 6.54 Å². The maximum absolute atomic E-state index is 10.9. The minimum atomic E-state index is -0.337. The van der Waals surface area contributed by atoms with Gasteiger partial charge in [0.1, 0.15) is 0 Å². The number of carbonyl (C=O) groups excluding carboxylic acids is 2. The van der Waals surface area contributed by atoms with Crippen LogP contribution in [0, 0.1) is 5.92 Å². The zero-order valence-corrected chi connectivity index (χ0v) is 10.1. The molecule has 4 nitrogen and oxygen atoms in total. The Hall–Kier alpha value is 0.424. The first-order valence-corrected chi connectivity index (χ1v) is 3.60. The Morgan fingerprint density at radius 3 is 2.75 bits per heavy atom. The maximum Gasteiger partial charge on any atom is 0.0694 e. The smallest absolute Gasteiger partial charge is 0.0694 e. The van der Waals surface area contributed by atoms with Crippen molar-refractivity contribution in [1.29, 1.82) is 0 Å². The van der Waals surface area contributed by atoms with Crippen molar-refractivity contribution in [3.8, 4) is 0 Å². The van der Waals surface area contributed by atoms with Gasteiger partial charge in [-0.3, -0.25) is 4.31 Å². The Kier molecular flexibility index (Phi) is 6.18. The number of nitrogens with one attached hydrogen (secondary N) is 1. The maximum atomic E-state index is 10.9. The van der Waals surface area contributed by atoms with Crippen LogP contribution in [-0.4, -0.2) is 29.7 Å². The van der Waals surface area contributed by atoms with Crippen molar-refractivity contribution < 1.29 is 42.3 Å². The summed E-state index contributed by atoms with van der Waals surface area (Å²) in [6, 6.07) is 0. The van der Waals surface area contributed by atoms with Crippen LogP contribution >= 0.6 is 12.8 Å². The second-order valence-corrected chi connectivity index (χ2v) is 2.86. The first-order valence-electron chi connectivity index (χ1n) is 3.20. The summed E-state index contributed by atoms with van der Waals surface area (Å²) >= 11 is 4.05. The molecular weight excluding hydrogens is 253 g/mol. The van der Waals surface area contributed by atoms with Gasteiger partial charge in [0.2, 0.25) is 0 Å². The molecule has 1 aliphatic heterocycles. The summed E-state index contributed by atoms with van der Waals surface area (Å²) < 4.78 is 1.72. The number of thiol groups is 1. The van der Waals surface area contributed by atoms with Gasteiger partial charge in [0.15, 0.2) is 0 Å². The van der Waals surface area contributed by atoms with Crippen molar-refractivity contribution in [2.75, 3.05) is 13.1 Å². The predicted octanol–water partition coefficient (Wildman–Crippen LogP) is -0.708. The molecule has 1 N–H and O–H groups in total. The number of imide groups is 1. The summed E-state index contributed by atoms with van der Waals surface area (Å²) in [5.74, 6) is 0.347. The molecule has 1 fully saturated rings. The minimum absolute atomic E-state index is 0. The number of carbonyl (C=O) groups is 1. The van der Waals surface area contributed by atoms with Crippen LogP contribution in [0.3, 0.4) is 0 Å². The third-order valence-corrected chi connectivity index (χ3v) is 1.87. The van der Waals surface area contributed by atoms with E-state index in [1.54, 1.807) is 4.31 Å². The molecule has 0 saturated carbocycles. The second kappa shape index (κ2) is 5.97. The quantitative estimate of drug-likeness (QED) is 0.392. The zero-order chi connectivity index (χ0) is 8.27. The van der Waals surface area contributed by atoms with E-state index < -0.39 is 0 Å². The van der Waals surface area contributed by atoms with Crippen LogP contribution < -0.4 is 5.32 Å². The summed E-state index contributed by atoms with van der Waals surface area (Å²) in [7, 11) is 0. The van der Waals surface area contributed by atoms with E-state index in [0.717, 1.165) is 6.54 Å². The Labute approximate surface area is 102 Å². The van der Waals surface area contributed by atoms with E-state index in [9.17, 15) is 9.59 Å². The van der Waals surface area contributed by atoms with E-state index in [4.69, 9.17) is 0 Å². The number of amides is 2. The average molecular weight is 261 g/mol. The SMILES string of the molecule is O=[C-]NC(=O)[C-]1CCN(S)C1.[Y]. The molecule has 0 atom stereocenters. The van der Waals surface area contributed by atoms with Crippen LogP contribution in [-0.2, 0) is 42.3 Å². The Bertz CT molecular complexity index is 179. The fraction of sp³-hybridized carbons (Fsp3) is 0.500. The largest absolute Gasteiger partial charge is 0.486 e. The third kappa shape index (κ3) is 3.43. The molecular formula is C6H8N2O2SY-2. The van der Waals surface area contributed by atoms with E-state index in [-0.39, 0.29) is 38.6 Å². The first-order chi connectivity index (χ1) is 5.24. The summed E-state index contributed by atoms with van der Waals surface area (Å²) in [6.45, 7) is 1.28. The normalized spacial score (nSPS) is 16.9. The zero-order valence-electron chi connectivity index (χ0n) is 6.41. The molecule has 0 aliphatic carbocycles. The van der Waals surface area contributed by atoms with Crippen molar-refractivity contribution in [3.63, 3.8) is 0 Å².